The Balaban J connectivity index is 1.62. The number of rotatable bonds is 4. The van der Waals surface area contributed by atoms with Gasteiger partial charge >= 0.3 is 0 Å². The fraction of sp³-hybridized carbons (Fsp3) is 0.400. The maximum Gasteiger partial charge on any atom is 0.0367 e. The molecule has 2 aromatic carbocycles. The lowest BCUT2D eigenvalue weighted by Crippen LogP contribution is -2.48. The molecule has 1 fully saturated rings. The van der Waals surface area contributed by atoms with E-state index in [4.69, 9.17) is 0 Å². The van der Waals surface area contributed by atoms with E-state index in [0.717, 1.165) is 25.6 Å². The molecule has 2 atom stereocenters. The molecule has 0 saturated carbocycles. The van der Waals surface area contributed by atoms with Crippen molar-refractivity contribution in [3.63, 3.8) is 0 Å². The molecule has 0 radical (unpaired) electrons. The van der Waals surface area contributed by atoms with Crippen molar-refractivity contribution in [1.82, 2.24) is 5.32 Å². The van der Waals surface area contributed by atoms with E-state index in [1.165, 1.54) is 23.2 Å². The topological polar surface area (TPSA) is 15.3 Å². The minimum Gasteiger partial charge on any atom is -0.370 e. The van der Waals surface area contributed by atoms with Crippen LogP contribution in [-0.4, -0.2) is 19.1 Å². The summed E-state index contributed by atoms with van der Waals surface area (Å²) in [6.45, 7) is 7.72. The molecule has 116 valence electrons. The molecule has 22 heavy (non-hydrogen) atoms. The number of nitrogens with one attached hydrogen (secondary N) is 1. The van der Waals surface area contributed by atoms with Gasteiger partial charge in [0.1, 0.15) is 0 Å². The fourth-order valence-electron chi connectivity index (χ4n) is 3.32. The van der Waals surface area contributed by atoms with Crippen LogP contribution in [0.1, 0.15) is 24.5 Å². The molecule has 0 aliphatic carbocycles. The Hall–Kier alpha value is -1.80. The summed E-state index contributed by atoms with van der Waals surface area (Å²) in [5.41, 5.74) is 4.04. The zero-order valence-corrected chi connectivity index (χ0v) is 13.6. The van der Waals surface area contributed by atoms with Crippen LogP contribution in [-0.2, 0) is 6.54 Å². The number of aryl methyl sites for hydroxylation is 1. The van der Waals surface area contributed by atoms with Gasteiger partial charge in [-0.05, 0) is 37.0 Å². The molecule has 1 saturated heterocycles. The number of benzene rings is 2. The second-order valence-electron chi connectivity index (χ2n) is 6.64. The Morgan fingerprint density at radius 1 is 1.00 bits per heavy atom. The van der Waals surface area contributed by atoms with Gasteiger partial charge in [0.05, 0.1) is 0 Å². The normalized spacial score (nSPS) is 21.8. The van der Waals surface area contributed by atoms with Gasteiger partial charge < -0.3 is 10.2 Å². The van der Waals surface area contributed by atoms with Crippen molar-refractivity contribution in [2.24, 2.45) is 5.92 Å². The summed E-state index contributed by atoms with van der Waals surface area (Å²) in [5, 5.41) is 3.74. The average Bonchev–Trinajstić information content (AvgIpc) is 2.54. The van der Waals surface area contributed by atoms with Crippen LogP contribution in [0.2, 0.25) is 0 Å². The number of nitrogens with zero attached hydrogens (tertiary/aromatic N) is 1. The Morgan fingerprint density at radius 3 is 2.45 bits per heavy atom. The summed E-state index contributed by atoms with van der Waals surface area (Å²) in [5.74, 6) is 0.725. The second kappa shape index (κ2) is 6.97. The molecule has 1 N–H and O–H groups in total. The molecule has 1 heterocycles. The highest BCUT2D eigenvalue weighted by atomic mass is 15.2. The first-order chi connectivity index (χ1) is 10.7. The highest BCUT2D eigenvalue weighted by molar-refractivity contribution is 5.48. The van der Waals surface area contributed by atoms with Crippen molar-refractivity contribution >= 4 is 5.69 Å². The minimum absolute atomic E-state index is 0.560. The van der Waals surface area contributed by atoms with E-state index < -0.39 is 0 Å². The van der Waals surface area contributed by atoms with Crippen LogP contribution >= 0.6 is 0 Å². The SMILES string of the molecule is Cc1ccc(N2CC(C)CC(NCc3ccccc3)C2)cc1. The number of piperidine rings is 1. The van der Waals surface area contributed by atoms with Gasteiger partial charge in [-0.15, -0.1) is 0 Å². The minimum atomic E-state index is 0.560. The van der Waals surface area contributed by atoms with Crippen molar-refractivity contribution < 1.29 is 0 Å². The van der Waals surface area contributed by atoms with E-state index in [9.17, 15) is 0 Å². The number of hydrogen-bond acceptors (Lipinski definition) is 2. The Kier molecular flexibility index (Phi) is 4.79. The molecule has 3 rings (SSSR count). The molecule has 2 aromatic rings. The highest BCUT2D eigenvalue weighted by Crippen LogP contribution is 2.23. The molecule has 2 nitrogen and oxygen atoms in total. The lowest BCUT2D eigenvalue weighted by atomic mass is 9.95. The summed E-state index contributed by atoms with van der Waals surface area (Å²) < 4.78 is 0. The largest absolute Gasteiger partial charge is 0.370 e. The van der Waals surface area contributed by atoms with Gasteiger partial charge in [0.25, 0.3) is 0 Å². The van der Waals surface area contributed by atoms with E-state index in [-0.39, 0.29) is 0 Å². The third-order valence-corrected chi connectivity index (χ3v) is 4.50. The summed E-state index contributed by atoms with van der Waals surface area (Å²) in [7, 11) is 0. The lowest BCUT2D eigenvalue weighted by Gasteiger charge is -2.38. The van der Waals surface area contributed by atoms with Crippen LogP contribution in [0.25, 0.3) is 0 Å². The standard InChI is InChI=1S/C20H26N2/c1-16-8-10-20(11-9-16)22-14-17(2)12-19(15-22)21-13-18-6-4-3-5-7-18/h3-11,17,19,21H,12-15H2,1-2H3. The molecular formula is C20H26N2. The van der Waals surface area contributed by atoms with Crippen molar-refractivity contribution in [3.8, 4) is 0 Å². The molecule has 0 aromatic heterocycles. The predicted molar refractivity (Wildman–Crippen MR) is 94.2 cm³/mol. The zero-order valence-electron chi connectivity index (χ0n) is 13.6. The van der Waals surface area contributed by atoms with Gasteiger partial charge in [-0.1, -0.05) is 55.0 Å². The van der Waals surface area contributed by atoms with Gasteiger partial charge in [0.2, 0.25) is 0 Å². The molecule has 2 heteroatoms. The van der Waals surface area contributed by atoms with Crippen LogP contribution in [0.15, 0.2) is 54.6 Å². The maximum atomic E-state index is 3.74. The molecular weight excluding hydrogens is 268 g/mol. The van der Waals surface area contributed by atoms with Crippen LogP contribution in [0.4, 0.5) is 5.69 Å². The first-order valence-corrected chi connectivity index (χ1v) is 8.29. The molecule has 0 amide bonds. The number of anilines is 1. The van der Waals surface area contributed by atoms with Gasteiger partial charge in [-0.25, -0.2) is 0 Å². The van der Waals surface area contributed by atoms with E-state index in [2.05, 4.69) is 78.7 Å². The van der Waals surface area contributed by atoms with Crippen molar-refractivity contribution in [2.75, 3.05) is 18.0 Å². The fourth-order valence-corrected chi connectivity index (χ4v) is 3.32. The number of hydrogen-bond donors (Lipinski definition) is 1. The quantitative estimate of drug-likeness (QED) is 0.917. The molecule has 1 aliphatic heterocycles. The maximum absolute atomic E-state index is 3.74. The zero-order chi connectivity index (χ0) is 15.4. The van der Waals surface area contributed by atoms with Crippen LogP contribution in [0, 0.1) is 12.8 Å². The first kappa shape index (κ1) is 15.1. The lowest BCUT2D eigenvalue weighted by molar-refractivity contribution is 0.350. The predicted octanol–water partition coefficient (Wildman–Crippen LogP) is 4.00. The summed E-state index contributed by atoms with van der Waals surface area (Å²) in [4.78, 5) is 2.52. The van der Waals surface area contributed by atoms with Crippen molar-refractivity contribution in [1.29, 1.82) is 0 Å². The van der Waals surface area contributed by atoms with Crippen molar-refractivity contribution in [2.45, 2.75) is 32.9 Å². The summed E-state index contributed by atoms with van der Waals surface area (Å²) in [6, 6.07) is 20.2. The van der Waals surface area contributed by atoms with E-state index in [0.29, 0.717) is 6.04 Å². The van der Waals surface area contributed by atoms with E-state index >= 15 is 0 Å². The van der Waals surface area contributed by atoms with Gasteiger partial charge in [0.15, 0.2) is 0 Å². The van der Waals surface area contributed by atoms with Crippen LogP contribution < -0.4 is 10.2 Å². The molecule has 0 bridgehead atoms. The first-order valence-electron chi connectivity index (χ1n) is 8.29. The monoisotopic (exact) mass is 294 g/mol. The van der Waals surface area contributed by atoms with Gasteiger partial charge in [-0.2, -0.15) is 0 Å². The summed E-state index contributed by atoms with van der Waals surface area (Å²) >= 11 is 0. The van der Waals surface area contributed by atoms with E-state index in [1.807, 2.05) is 0 Å². The third-order valence-electron chi connectivity index (χ3n) is 4.50. The Morgan fingerprint density at radius 2 is 1.73 bits per heavy atom. The highest BCUT2D eigenvalue weighted by Gasteiger charge is 2.24. The summed E-state index contributed by atoms with van der Waals surface area (Å²) in [6.07, 6.45) is 1.26. The van der Waals surface area contributed by atoms with Crippen LogP contribution in [0.3, 0.4) is 0 Å². The van der Waals surface area contributed by atoms with E-state index in [1.54, 1.807) is 0 Å². The molecule has 2 unspecified atom stereocenters. The Labute approximate surface area is 134 Å². The molecule has 0 spiro atoms. The smallest absolute Gasteiger partial charge is 0.0367 e. The van der Waals surface area contributed by atoms with Gasteiger partial charge in [0, 0.05) is 31.4 Å². The molecule has 1 aliphatic rings. The third kappa shape index (κ3) is 3.89. The second-order valence-corrected chi connectivity index (χ2v) is 6.64. The van der Waals surface area contributed by atoms with Gasteiger partial charge in [-0.3, -0.25) is 0 Å². The average molecular weight is 294 g/mol. The van der Waals surface area contributed by atoms with Crippen molar-refractivity contribution in [3.05, 3.63) is 65.7 Å². The Bertz CT molecular complexity index is 576. The van der Waals surface area contributed by atoms with Crippen LogP contribution in [0.5, 0.6) is 0 Å².